The molecule has 2 aliphatic heterocycles. The maximum Gasteiger partial charge on any atom is 0.358 e. The first-order chi connectivity index (χ1) is 10.2. The summed E-state index contributed by atoms with van der Waals surface area (Å²) in [4.78, 5) is 40.4. The van der Waals surface area contributed by atoms with Crippen LogP contribution in [0.5, 0.6) is 0 Å². The second kappa shape index (κ2) is 5.63. The Morgan fingerprint density at radius 3 is 2.48 bits per heavy atom. The molecule has 0 bridgehead atoms. The van der Waals surface area contributed by atoms with Gasteiger partial charge >= 0.3 is 5.97 Å². The standard InChI is InChI=1S/C14H13NO6/c16-12(8-20-9-5-6-19-7-9)21-15-13(17)10-3-1-2-4-11(10)14(15)18/h1-4,9H,5-8H2. The number of rotatable bonds is 4. The molecule has 0 aromatic heterocycles. The van der Waals surface area contributed by atoms with Gasteiger partial charge in [-0.2, -0.15) is 0 Å². The fourth-order valence-corrected chi connectivity index (χ4v) is 2.21. The van der Waals surface area contributed by atoms with Crippen LogP contribution in [0, 0.1) is 0 Å². The Hall–Kier alpha value is -2.25. The lowest BCUT2D eigenvalue weighted by Gasteiger charge is -2.14. The van der Waals surface area contributed by atoms with Crippen molar-refractivity contribution in [3.63, 3.8) is 0 Å². The van der Waals surface area contributed by atoms with Crippen molar-refractivity contribution in [1.82, 2.24) is 5.06 Å². The molecule has 110 valence electrons. The molecule has 0 radical (unpaired) electrons. The number of imide groups is 1. The molecule has 21 heavy (non-hydrogen) atoms. The molecule has 1 fully saturated rings. The second-order valence-electron chi connectivity index (χ2n) is 4.71. The van der Waals surface area contributed by atoms with E-state index in [0.717, 1.165) is 0 Å². The van der Waals surface area contributed by atoms with Crippen LogP contribution in [0.3, 0.4) is 0 Å². The fraction of sp³-hybridized carbons (Fsp3) is 0.357. The molecule has 2 heterocycles. The maximum atomic E-state index is 12.0. The highest BCUT2D eigenvalue weighted by Crippen LogP contribution is 2.22. The third kappa shape index (κ3) is 2.65. The van der Waals surface area contributed by atoms with Gasteiger partial charge in [-0.25, -0.2) is 4.79 Å². The van der Waals surface area contributed by atoms with Crippen molar-refractivity contribution >= 4 is 17.8 Å². The van der Waals surface area contributed by atoms with E-state index < -0.39 is 17.8 Å². The van der Waals surface area contributed by atoms with Crippen LogP contribution in [-0.4, -0.2) is 48.8 Å². The van der Waals surface area contributed by atoms with Gasteiger partial charge in [0.25, 0.3) is 11.8 Å². The predicted octanol–water partition coefficient (Wildman–Crippen LogP) is 0.546. The largest absolute Gasteiger partial charge is 0.379 e. The van der Waals surface area contributed by atoms with E-state index >= 15 is 0 Å². The third-order valence-electron chi connectivity index (χ3n) is 3.27. The Bertz CT molecular complexity index is 558. The number of benzene rings is 1. The molecular formula is C14H13NO6. The predicted molar refractivity (Wildman–Crippen MR) is 68.2 cm³/mol. The first-order valence-corrected chi connectivity index (χ1v) is 6.55. The molecule has 0 aliphatic carbocycles. The van der Waals surface area contributed by atoms with Crippen molar-refractivity contribution in [1.29, 1.82) is 0 Å². The highest BCUT2D eigenvalue weighted by atomic mass is 16.7. The zero-order valence-corrected chi connectivity index (χ0v) is 11.1. The van der Waals surface area contributed by atoms with Gasteiger partial charge in [0.1, 0.15) is 6.61 Å². The van der Waals surface area contributed by atoms with Gasteiger partial charge in [-0.05, 0) is 18.6 Å². The minimum atomic E-state index is -0.795. The van der Waals surface area contributed by atoms with Crippen LogP contribution in [0.4, 0.5) is 0 Å². The van der Waals surface area contributed by atoms with E-state index in [4.69, 9.17) is 14.3 Å². The molecule has 0 N–H and O–H groups in total. The van der Waals surface area contributed by atoms with Gasteiger partial charge in [-0.1, -0.05) is 17.2 Å². The summed E-state index contributed by atoms with van der Waals surface area (Å²) >= 11 is 0. The summed E-state index contributed by atoms with van der Waals surface area (Å²) in [6.07, 6.45) is 0.556. The van der Waals surface area contributed by atoms with Gasteiger partial charge in [0, 0.05) is 6.61 Å². The molecule has 1 saturated heterocycles. The van der Waals surface area contributed by atoms with Crippen molar-refractivity contribution in [2.24, 2.45) is 0 Å². The van der Waals surface area contributed by atoms with Crippen molar-refractivity contribution in [3.05, 3.63) is 35.4 Å². The molecule has 7 heteroatoms. The number of ether oxygens (including phenoxy) is 2. The number of hydrogen-bond acceptors (Lipinski definition) is 6. The van der Waals surface area contributed by atoms with E-state index in [9.17, 15) is 14.4 Å². The van der Waals surface area contributed by atoms with Crippen molar-refractivity contribution in [2.75, 3.05) is 19.8 Å². The van der Waals surface area contributed by atoms with E-state index in [2.05, 4.69) is 0 Å². The first kappa shape index (κ1) is 13.7. The number of hydrogen-bond donors (Lipinski definition) is 0. The van der Waals surface area contributed by atoms with Crippen LogP contribution in [0.15, 0.2) is 24.3 Å². The van der Waals surface area contributed by atoms with Crippen molar-refractivity contribution in [2.45, 2.75) is 12.5 Å². The van der Waals surface area contributed by atoms with Crippen molar-refractivity contribution < 1.29 is 28.7 Å². The zero-order valence-electron chi connectivity index (χ0n) is 11.1. The number of fused-ring (bicyclic) bond motifs is 1. The molecule has 2 amide bonds. The van der Waals surface area contributed by atoms with E-state index in [1.54, 1.807) is 12.1 Å². The van der Waals surface area contributed by atoms with E-state index in [1.807, 2.05) is 0 Å². The minimum Gasteiger partial charge on any atom is -0.379 e. The summed E-state index contributed by atoms with van der Waals surface area (Å²) in [6, 6.07) is 6.29. The summed E-state index contributed by atoms with van der Waals surface area (Å²) in [5.41, 5.74) is 0.445. The molecule has 1 aromatic carbocycles. The number of amides is 2. The van der Waals surface area contributed by atoms with Gasteiger partial charge in [0.15, 0.2) is 0 Å². The molecule has 3 rings (SSSR count). The number of carbonyl (C=O) groups excluding carboxylic acids is 3. The highest BCUT2D eigenvalue weighted by molar-refractivity contribution is 6.20. The van der Waals surface area contributed by atoms with Crippen LogP contribution >= 0.6 is 0 Å². The molecule has 1 aromatic rings. The fourth-order valence-electron chi connectivity index (χ4n) is 2.21. The Morgan fingerprint density at radius 2 is 1.90 bits per heavy atom. The molecule has 7 nitrogen and oxygen atoms in total. The van der Waals surface area contributed by atoms with Crippen LogP contribution in [0.1, 0.15) is 27.1 Å². The first-order valence-electron chi connectivity index (χ1n) is 6.55. The van der Waals surface area contributed by atoms with E-state index in [1.165, 1.54) is 12.1 Å². The molecular weight excluding hydrogens is 278 g/mol. The van der Waals surface area contributed by atoms with Crippen LogP contribution in [0.2, 0.25) is 0 Å². The average Bonchev–Trinajstić information content (AvgIpc) is 3.09. The summed E-state index contributed by atoms with van der Waals surface area (Å²) in [5, 5.41) is 0.474. The van der Waals surface area contributed by atoms with Gasteiger partial charge in [0.05, 0.1) is 23.8 Å². The van der Waals surface area contributed by atoms with Gasteiger partial charge in [-0.3, -0.25) is 9.59 Å². The van der Waals surface area contributed by atoms with E-state index in [-0.39, 0.29) is 23.8 Å². The van der Waals surface area contributed by atoms with Crippen LogP contribution in [0.25, 0.3) is 0 Å². The number of nitrogens with zero attached hydrogens (tertiary/aromatic N) is 1. The Morgan fingerprint density at radius 1 is 1.24 bits per heavy atom. The highest BCUT2D eigenvalue weighted by Gasteiger charge is 2.38. The van der Waals surface area contributed by atoms with Crippen LogP contribution in [-0.2, 0) is 19.1 Å². The lowest BCUT2D eigenvalue weighted by Crippen LogP contribution is -2.34. The lowest BCUT2D eigenvalue weighted by molar-refractivity contribution is -0.175. The Labute approximate surface area is 120 Å². The zero-order chi connectivity index (χ0) is 14.8. The summed E-state index contributed by atoms with van der Waals surface area (Å²) in [6.45, 7) is 0.694. The van der Waals surface area contributed by atoms with Crippen molar-refractivity contribution in [3.8, 4) is 0 Å². The monoisotopic (exact) mass is 291 g/mol. The number of carbonyl (C=O) groups is 3. The minimum absolute atomic E-state index is 0.153. The normalized spacial score (nSPS) is 20.8. The summed E-state index contributed by atoms with van der Waals surface area (Å²) in [5.74, 6) is -2.09. The molecule has 0 saturated carbocycles. The summed E-state index contributed by atoms with van der Waals surface area (Å²) in [7, 11) is 0. The summed E-state index contributed by atoms with van der Waals surface area (Å²) < 4.78 is 10.4. The van der Waals surface area contributed by atoms with Crippen LogP contribution < -0.4 is 0 Å². The van der Waals surface area contributed by atoms with Gasteiger partial charge in [-0.15, -0.1) is 0 Å². The van der Waals surface area contributed by atoms with E-state index in [0.29, 0.717) is 24.7 Å². The molecule has 1 atom stereocenters. The Balaban J connectivity index is 1.59. The quantitative estimate of drug-likeness (QED) is 0.753. The lowest BCUT2D eigenvalue weighted by atomic mass is 10.1. The molecule has 0 spiro atoms. The Kier molecular flexibility index (Phi) is 3.68. The van der Waals surface area contributed by atoms with Gasteiger partial charge in [0.2, 0.25) is 0 Å². The topological polar surface area (TPSA) is 82.1 Å². The average molecular weight is 291 g/mol. The van der Waals surface area contributed by atoms with Gasteiger partial charge < -0.3 is 14.3 Å². The smallest absolute Gasteiger partial charge is 0.358 e. The third-order valence-corrected chi connectivity index (χ3v) is 3.27. The SMILES string of the molecule is O=C(COC1CCOC1)ON1C(=O)c2ccccc2C1=O. The maximum absolute atomic E-state index is 12.0. The second-order valence-corrected chi connectivity index (χ2v) is 4.71. The molecule has 2 aliphatic rings. The number of hydroxylamine groups is 2. The molecule has 1 unspecified atom stereocenters.